The van der Waals surface area contributed by atoms with E-state index in [1.807, 2.05) is 19.1 Å². The summed E-state index contributed by atoms with van der Waals surface area (Å²) < 4.78 is 0.755. The number of hydrogen-bond donors (Lipinski definition) is 2. The van der Waals surface area contributed by atoms with Crippen LogP contribution in [0.2, 0.25) is 0 Å². The van der Waals surface area contributed by atoms with E-state index < -0.39 is 4.92 Å². The van der Waals surface area contributed by atoms with E-state index in [0.717, 1.165) is 10.0 Å². The first-order chi connectivity index (χ1) is 9.88. The average molecular weight is 350 g/mol. The van der Waals surface area contributed by atoms with Crippen molar-refractivity contribution in [1.29, 1.82) is 0 Å². The van der Waals surface area contributed by atoms with Gasteiger partial charge in [-0.05, 0) is 52.7 Å². The van der Waals surface area contributed by atoms with Gasteiger partial charge in [-0.15, -0.1) is 0 Å². The lowest BCUT2D eigenvalue weighted by Crippen LogP contribution is -2.13. The fourth-order valence-corrected chi connectivity index (χ4v) is 2.37. The monoisotopic (exact) mass is 349 g/mol. The molecule has 108 valence electrons. The summed E-state index contributed by atoms with van der Waals surface area (Å²) in [6.07, 6.45) is 0. The van der Waals surface area contributed by atoms with E-state index >= 15 is 0 Å². The molecule has 0 heterocycles. The van der Waals surface area contributed by atoms with E-state index in [0.29, 0.717) is 5.69 Å². The van der Waals surface area contributed by atoms with E-state index in [2.05, 4.69) is 21.2 Å². The van der Waals surface area contributed by atoms with Gasteiger partial charge < -0.3 is 11.1 Å². The molecule has 6 nitrogen and oxygen atoms in total. The first-order valence-corrected chi connectivity index (χ1v) is 6.79. The Labute approximate surface area is 129 Å². The first-order valence-electron chi connectivity index (χ1n) is 6.00. The van der Waals surface area contributed by atoms with Crippen LogP contribution in [0.15, 0.2) is 40.9 Å². The number of nitro benzene ring substituents is 1. The topological polar surface area (TPSA) is 98.3 Å². The molecule has 0 radical (unpaired) electrons. The minimum atomic E-state index is -0.590. The fourth-order valence-electron chi connectivity index (χ4n) is 1.78. The predicted molar refractivity (Wildman–Crippen MR) is 84.3 cm³/mol. The molecule has 2 aromatic carbocycles. The lowest BCUT2D eigenvalue weighted by Gasteiger charge is -2.08. The highest BCUT2D eigenvalue weighted by molar-refractivity contribution is 9.10. The summed E-state index contributed by atoms with van der Waals surface area (Å²) in [4.78, 5) is 22.2. The quantitative estimate of drug-likeness (QED) is 0.503. The van der Waals surface area contributed by atoms with Crippen LogP contribution in [-0.2, 0) is 0 Å². The molecule has 2 rings (SSSR count). The molecule has 1 amide bonds. The molecule has 0 fully saturated rings. The number of carbonyl (C=O) groups is 1. The molecule has 0 aromatic heterocycles. The Balaban J connectivity index is 2.24. The van der Waals surface area contributed by atoms with E-state index in [4.69, 9.17) is 5.73 Å². The average Bonchev–Trinajstić information content (AvgIpc) is 2.41. The molecular formula is C14H12BrN3O3. The number of nitrogens with one attached hydrogen (secondary N) is 1. The van der Waals surface area contributed by atoms with Crippen LogP contribution in [0.5, 0.6) is 0 Å². The minimum Gasteiger partial charge on any atom is -0.393 e. The molecule has 0 unspecified atom stereocenters. The molecule has 2 aromatic rings. The first kappa shape index (κ1) is 15.0. The van der Waals surface area contributed by atoms with Crippen LogP contribution in [0.4, 0.5) is 17.1 Å². The smallest absolute Gasteiger partial charge is 0.292 e. The molecular weight excluding hydrogens is 338 g/mol. The van der Waals surface area contributed by atoms with Crippen LogP contribution in [0.3, 0.4) is 0 Å². The summed E-state index contributed by atoms with van der Waals surface area (Å²) in [5.41, 5.74) is 7.23. The second kappa shape index (κ2) is 5.92. The summed E-state index contributed by atoms with van der Waals surface area (Å²) in [6, 6.07) is 9.38. The zero-order valence-electron chi connectivity index (χ0n) is 11.1. The Morgan fingerprint density at radius 2 is 2.00 bits per heavy atom. The summed E-state index contributed by atoms with van der Waals surface area (Å²) >= 11 is 3.36. The normalized spacial score (nSPS) is 10.2. The van der Waals surface area contributed by atoms with Gasteiger partial charge in [0.2, 0.25) is 0 Å². The van der Waals surface area contributed by atoms with Crippen LogP contribution in [-0.4, -0.2) is 10.8 Å². The van der Waals surface area contributed by atoms with Gasteiger partial charge in [0.25, 0.3) is 11.6 Å². The van der Waals surface area contributed by atoms with E-state index in [1.165, 1.54) is 18.2 Å². The predicted octanol–water partition coefficient (Wildman–Crippen LogP) is 3.50. The number of halogens is 1. The third-order valence-corrected chi connectivity index (χ3v) is 3.52. The van der Waals surface area contributed by atoms with Crippen molar-refractivity contribution in [1.82, 2.24) is 0 Å². The molecule has 3 N–H and O–H groups in total. The molecule has 0 aliphatic carbocycles. The maximum atomic E-state index is 12.1. The van der Waals surface area contributed by atoms with Crippen LogP contribution >= 0.6 is 15.9 Å². The maximum Gasteiger partial charge on any atom is 0.292 e. The van der Waals surface area contributed by atoms with Crippen LogP contribution < -0.4 is 11.1 Å². The fraction of sp³-hybridized carbons (Fsp3) is 0.0714. The summed E-state index contributed by atoms with van der Waals surface area (Å²) in [6.45, 7) is 1.94. The van der Waals surface area contributed by atoms with Crippen molar-refractivity contribution in [3.63, 3.8) is 0 Å². The number of aryl methyl sites for hydroxylation is 1. The largest absolute Gasteiger partial charge is 0.393 e. The Morgan fingerprint density at radius 3 is 2.57 bits per heavy atom. The second-order valence-electron chi connectivity index (χ2n) is 4.47. The van der Waals surface area contributed by atoms with Gasteiger partial charge in [0, 0.05) is 16.1 Å². The van der Waals surface area contributed by atoms with Crippen molar-refractivity contribution < 1.29 is 9.72 Å². The van der Waals surface area contributed by atoms with Crippen molar-refractivity contribution in [2.24, 2.45) is 0 Å². The lowest BCUT2D eigenvalue weighted by molar-refractivity contribution is -0.383. The standard InChI is InChI=1S/C14H12BrN3O3/c1-8-2-4-12(10(15)6-8)17-14(19)9-3-5-13(18(20)21)11(16)7-9/h2-7H,16H2,1H3,(H,17,19). The van der Waals surface area contributed by atoms with Crippen LogP contribution in [0.1, 0.15) is 15.9 Å². The maximum absolute atomic E-state index is 12.1. The summed E-state index contributed by atoms with van der Waals surface area (Å²) in [7, 11) is 0. The van der Waals surface area contributed by atoms with Crippen molar-refractivity contribution in [2.45, 2.75) is 6.92 Å². The van der Waals surface area contributed by atoms with Crippen molar-refractivity contribution >= 4 is 38.9 Å². The van der Waals surface area contributed by atoms with Gasteiger partial charge in [0.1, 0.15) is 5.69 Å². The van der Waals surface area contributed by atoms with Gasteiger partial charge in [-0.1, -0.05) is 6.07 Å². The molecule has 0 atom stereocenters. The third kappa shape index (κ3) is 3.38. The second-order valence-corrected chi connectivity index (χ2v) is 5.32. The summed E-state index contributed by atoms with van der Waals surface area (Å²) in [5, 5.41) is 13.4. The third-order valence-electron chi connectivity index (χ3n) is 2.86. The van der Waals surface area contributed by atoms with E-state index in [9.17, 15) is 14.9 Å². The van der Waals surface area contributed by atoms with Crippen LogP contribution in [0, 0.1) is 17.0 Å². The van der Waals surface area contributed by atoms with E-state index in [1.54, 1.807) is 6.07 Å². The molecule has 0 saturated carbocycles. The van der Waals surface area contributed by atoms with E-state index in [-0.39, 0.29) is 22.8 Å². The number of nitrogen functional groups attached to an aromatic ring is 1. The number of benzene rings is 2. The number of hydrogen-bond acceptors (Lipinski definition) is 4. The summed E-state index contributed by atoms with van der Waals surface area (Å²) in [5.74, 6) is -0.388. The SMILES string of the molecule is Cc1ccc(NC(=O)c2ccc([N+](=O)[O-])c(N)c2)c(Br)c1. The number of amides is 1. The number of nitrogens with two attached hydrogens (primary N) is 1. The highest BCUT2D eigenvalue weighted by atomic mass is 79.9. The van der Waals surface area contributed by atoms with Crippen molar-refractivity contribution in [2.75, 3.05) is 11.1 Å². The Morgan fingerprint density at radius 1 is 1.29 bits per heavy atom. The van der Waals surface area contributed by atoms with Crippen LogP contribution in [0.25, 0.3) is 0 Å². The Kier molecular flexibility index (Phi) is 4.23. The zero-order chi connectivity index (χ0) is 15.6. The number of carbonyl (C=O) groups excluding carboxylic acids is 1. The van der Waals surface area contributed by atoms with Gasteiger partial charge in [-0.3, -0.25) is 14.9 Å². The number of nitro groups is 1. The molecule has 0 aliphatic rings. The van der Waals surface area contributed by atoms with Gasteiger partial charge in [-0.25, -0.2) is 0 Å². The van der Waals surface area contributed by atoms with Gasteiger partial charge >= 0.3 is 0 Å². The Hall–Kier alpha value is -2.41. The molecule has 21 heavy (non-hydrogen) atoms. The Bertz CT molecular complexity index is 731. The highest BCUT2D eigenvalue weighted by Crippen LogP contribution is 2.25. The highest BCUT2D eigenvalue weighted by Gasteiger charge is 2.15. The van der Waals surface area contributed by atoms with Crippen molar-refractivity contribution in [3.05, 3.63) is 62.1 Å². The minimum absolute atomic E-state index is 0.0457. The molecule has 0 aliphatic heterocycles. The van der Waals surface area contributed by atoms with Gasteiger partial charge in [-0.2, -0.15) is 0 Å². The van der Waals surface area contributed by atoms with Crippen molar-refractivity contribution in [3.8, 4) is 0 Å². The molecule has 0 saturated heterocycles. The molecule has 0 bridgehead atoms. The lowest BCUT2D eigenvalue weighted by atomic mass is 10.1. The van der Waals surface area contributed by atoms with Gasteiger partial charge in [0.15, 0.2) is 0 Å². The number of anilines is 2. The number of nitrogens with zero attached hydrogens (tertiary/aromatic N) is 1. The zero-order valence-corrected chi connectivity index (χ0v) is 12.7. The molecule has 0 spiro atoms. The molecule has 7 heteroatoms. The number of rotatable bonds is 3. The van der Waals surface area contributed by atoms with Gasteiger partial charge in [0.05, 0.1) is 10.6 Å².